The molecule has 1 saturated heterocycles. The van der Waals surface area contributed by atoms with Gasteiger partial charge in [-0.25, -0.2) is 0 Å². The third-order valence-corrected chi connectivity index (χ3v) is 4.98. The molecule has 124 valence electrons. The molecular weight excluding hydrogens is 296 g/mol. The first-order chi connectivity index (χ1) is 11.8. The first kappa shape index (κ1) is 15.1. The number of hydrogen-bond donors (Lipinski definition) is 0. The van der Waals surface area contributed by atoms with Gasteiger partial charge in [0.1, 0.15) is 5.75 Å². The van der Waals surface area contributed by atoms with E-state index in [1.165, 1.54) is 48.3 Å². The van der Waals surface area contributed by atoms with Crippen molar-refractivity contribution in [2.24, 2.45) is 0 Å². The van der Waals surface area contributed by atoms with Crippen LogP contribution in [-0.2, 0) is 13.1 Å². The molecule has 0 amide bonds. The Labute approximate surface area is 144 Å². The Bertz CT molecular complexity index is 730. The molecule has 0 atom stereocenters. The molecule has 1 fully saturated rings. The minimum absolute atomic E-state index is 0.910. The van der Waals surface area contributed by atoms with Crippen LogP contribution in [0.25, 0.3) is 6.08 Å². The van der Waals surface area contributed by atoms with Crippen molar-refractivity contribution in [3.05, 3.63) is 65.4 Å². The number of anilines is 1. The van der Waals surface area contributed by atoms with Gasteiger partial charge >= 0.3 is 0 Å². The lowest BCUT2D eigenvalue weighted by molar-refractivity contribution is 0.359. The number of methoxy groups -OCH3 is 1. The van der Waals surface area contributed by atoms with Crippen LogP contribution in [0.4, 0.5) is 5.69 Å². The van der Waals surface area contributed by atoms with Gasteiger partial charge in [-0.15, -0.1) is 0 Å². The van der Waals surface area contributed by atoms with Gasteiger partial charge in [-0.2, -0.15) is 0 Å². The first-order valence-electron chi connectivity index (χ1n) is 8.75. The summed E-state index contributed by atoms with van der Waals surface area (Å²) in [6.07, 6.45) is 7.12. The molecule has 0 radical (unpaired) electrons. The van der Waals surface area contributed by atoms with E-state index in [0.29, 0.717) is 0 Å². The number of benzene rings is 2. The minimum atomic E-state index is 0.910. The van der Waals surface area contributed by atoms with Crippen LogP contribution in [0.15, 0.2) is 48.7 Å². The topological polar surface area (TPSA) is 15.7 Å². The van der Waals surface area contributed by atoms with Crippen LogP contribution in [0.3, 0.4) is 0 Å². The van der Waals surface area contributed by atoms with E-state index in [2.05, 4.69) is 52.4 Å². The van der Waals surface area contributed by atoms with Gasteiger partial charge < -0.3 is 14.5 Å². The van der Waals surface area contributed by atoms with Crippen molar-refractivity contribution in [2.45, 2.75) is 25.9 Å². The average Bonchev–Trinajstić information content (AvgIpc) is 3.17. The van der Waals surface area contributed by atoms with Crippen molar-refractivity contribution in [3.63, 3.8) is 0 Å². The Morgan fingerprint density at radius 2 is 1.79 bits per heavy atom. The molecule has 24 heavy (non-hydrogen) atoms. The summed E-state index contributed by atoms with van der Waals surface area (Å²) < 4.78 is 5.23. The fraction of sp³-hybridized carbons (Fsp3) is 0.333. The van der Waals surface area contributed by atoms with Crippen LogP contribution < -0.4 is 9.64 Å². The highest BCUT2D eigenvalue weighted by Gasteiger charge is 2.16. The van der Waals surface area contributed by atoms with E-state index in [9.17, 15) is 0 Å². The fourth-order valence-corrected chi connectivity index (χ4v) is 3.58. The van der Waals surface area contributed by atoms with Gasteiger partial charge in [0.15, 0.2) is 0 Å². The van der Waals surface area contributed by atoms with E-state index in [-0.39, 0.29) is 0 Å². The van der Waals surface area contributed by atoms with Gasteiger partial charge in [-0.1, -0.05) is 18.2 Å². The highest BCUT2D eigenvalue weighted by Crippen LogP contribution is 2.28. The van der Waals surface area contributed by atoms with Crippen LogP contribution in [-0.4, -0.2) is 25.1 Å². The molecule has 0 saturated carbocycles. The fourth-order valence-electron chi connectivity index (χ4n) is 3.58. The molecule has 2 aromatic rings. The van der Waals surface area contributed by atoms with Gasteiger partial charge in [0.05, 0.1) is 7.11 Å². The van der Waals surface area contributed by atoms with Crippen molar-refractivity contribution in [1.29, 1.82) is 0 Å². The molecule has 0 aromatic heterocycles. The molecule has 0 N–H and O–H groups in total. The standard InChI is InChI=1S/C21H24N2O/c1-24-21-8-4-17(5-9-21)15-22-13-10-18-14-20(7-6-19(18)16-22)23-11-2-3-12-23/h4-10,13-14H,2-3,11-12,15-16H2,1H3. The summed E-state index contributed by atoms with van der Waals surface area (Å²) >= 11 is 0. The van der Waals surface area contributed by atoms with E-state index < -0.39 is 0 Å². The maximum Gasteiger partial charge on any atom is 0.118 e. The van der Waals surface area contributed by atoms with E-state index >= 15 is 0 Å². The molecule has 2 aliphatic heterocycles. The third-order valence-electron chi connectivity index (χ3n) is 4.98. The quantitative estimate of drug-likeness (QED) is 0.836. The van der Waals surface area contributed by atoms with Crippen molar-refractivity contribution in [1.82, 2.24) is 4.90 Å². The van der Waals surface area contributed by atoms with Gasteiger partial charge in [-0.05, 0) is 59.9 Å². The Balaban J connectivity index is 1.46. The lowest BCUT2D eigenvalue weighted by Crippen LogP contribution is -2.21. The normalized spacial score (nSPS) is 16.4. The van der Waals surface area contributed by atoms with Crippen LogP contribution in [0.1, 0.15) is 29.5 Å². The average molecular weight is 320 g/mol. The second-order valence-corrected chi connectivity index (χ2v) is 6.65. The molecular formula is C21H24N2O. The molecule has 0 aliphatic carbocycles. The van der Waals surface area contributed by atoms with Gasteiger partial charge in [0.25, 0.3) is 0 Å². The Hall–Kier alpha value is -2.42. The molecule has 0 spiro atoms. The second kappa shape index (κ2) is 6.60. The first-order valence-corrected chi connectivity index (χ1v) is 8.75. The van der Waals surface area contributed by atoms with E-state index in [1.54, 1.807) is 7.11 Å². The van der Waals surface area contributed by atoms with Crippen LogP contribution in [0.2, 0.25) is 0 Å². The molecule has 2 aromatic carbocycles. The molecule has 2 heterocycles. The number of nitrogens with zero attached hydrogens (tertiary/aromatic N) is 2. The summed E-state index contributed by atoms with van der Waals surface area (Å²) in [6, 6.07) is 15.3. The zero-order valence-corrected chi connectivity index (χ0v) is 14.2. The van der Waals surface area contributed by atoms with Crippen molar-refractivity contribution < 1.29 is 4.74 Å². The Morgan fingerprint density at radius 3 is 2.54 bits per heavy atom. The summed E-state index contributed by atoms with van der Waals surface area (Å²) in [5.74, 6) is 0.910. The summed E-state index contributed by atoms with van der Waals surface area (Å²) in [5, 5.41) is 0. The number of fused-ring (bicyclic) bond motifs is 1. The van der Waals surface area contributed by atoms with E-state index in [0.717, 1.165) is 18.8 Å². The number of ether oxygens (including phenoxy) is 1. The number of hydrogen-bond acceptors (Lipinski definition) is 3. The zero-order valence-electron chi connectivity index (χ0n) is 14.2. The Kier molecular flexibility index (Phi) is 4.16. The zero-order chi connectivity index (χ0) is 16.4. The Morgan fingerprint density at radius 1 is 1.00 bits per heavy atom. The predicted molar refractivity (Wildman–Crippen MR) is 99.2 cm³/mol. The smallest absolute Gasteiger partial charge is 0.118 e. The maximum absolute atomic E-state index is 5.23. The second-order valence-electron chi connectivity index (χ2n) is 6.65. The largest absolute Gasteiger partial charge is 0.497 e. The summed E-state index contributed by atoms with van der Waals surface area (Å²) in [4.78, 5) is 4.86. The highest BCUT2D eigenvalue weighted by atomic mass is 16.5. The van der Waals surface area contributed by atoms with Crippen LogP contribution in [0.5, 0.6) is 5.75 Å². The maximum atomic E-state index is 5.23. The van der Waals surface area contributed by atoms with Gasteiger partial charge in [-0.3, -0.25) is 0 Å². The third kappa shape index (κ3) is 3.12. The summed E-state index contributed by atoms with van der Waals surface area (Å²) in [6.45, 7) is 4.30. The van der Waals surface area contributed by atoms with Crippen LogP contribution in [0, 0.1) is 0 Å². The van der Waals surface area contributed by atoms with E-state index in [4.69, 9.17) is 4.74 Å². The van der Waals surface area contributed by atoms with Gasteiger partial charge in [0.2, 0.25) is 0 Å². The minimum Gasteiger partial charge on any atom is -0.497 e. The lowest BCUT2D eigenvalue weighted by atomic mass is 10.0. The molecule has 2 aliphatic rings. The van der Waals surface area contributed by atoms with Gasteiger partial charge in [0, 0.05) is 38.1 Å². The highest BCUT2D eigenvalue weighted by molar-refractivity contribution is 5.63. The summed E-state index contributed by atoms with van der Waals surface area (Å²) in [5.41, 5.74) is 5.46. The molecule has 0 unspecified atom stereocenters. The molecule has 4 rings (SSSR count). The summed E-state index contributed by atoms with van der Waals surface area (Å²) in [7, 11) is 1.70. The van der Waals surface area contributed by atoms with Crippen molar-refractivity contribution in [2.75, 3.05) is 25.1 Å². The molecule has 3 nitrogen and oxygen atoms in total. The van der Waals surface area contributed by atoms with Crippen molar-refractivity contribution >= 4 is 11.8 Å². The monoisotopic (exact) mass is 320 g/mol. The molecule has 3 heteroatoms. The van der Waals surface area contributed by atoms with E-state index in [1.807, 2.05) is 12.1 Å². The molecule has 0 bridgehead atoms. The lowest BCUT2D eigenvalue weighted by Gasteiger charge is -2.27. The number of rotatable bonds is 4. The predicted octanol–water partition coefficient (Wildman–Crippen LogP) is 4.28. The SMILES string of the molecule is COc1ccc(CN2C=Cc3cc(N4CCCC4)ccc3C2)cc1. The van der Waals surface area contributed by atoms with Crippen LogP contribution >= 0.6 is 0 Å². The van der Waals surface area contributed by atoms with Crippen molar-refractivity contribution in [3.8, 4) is 5.75 Å².